The van der Waals surface area contributed by atoms with Gasteiger partial charge in [-0.1, -0.05) is 36.4 Å². The third-order valence-electron chi connectivity index (χ3n) is 4.57. The number of ether oxygens (including phenoxy) is 1. The van der Waals surface area contributed by atoms with E-state index in [0.717, 1.165) is 12.0 Å². The summed E-state index contributed by atoms with van der Waals surface area (Å²) >= 11 is 1.64. The monoisotopic (exact) mass is 415 g/mol. The van der Waals surface area contributed by atoms with Crippen molar-refractivity contribution in [3.05, 3.63) is 58.3 Å². The number of hydrogen-bond donors (Lipinski definition) is 3. The van der Waals surface area contributed by atoms with Crippen molar-refractivity contribution in [2.45, 2.75) is 37.9 Å². The standard InChI is InChI=1S/C21H25N3O4S/c1-2-28-21(27)18-17(24-18)20(26)23-16(13-14-7-4-3-5-8-14)19(25)22-11-10-15-9-6-12-29-15/h3-9,12,16-18,24H,2,10-11,13H2,1H3,(H,22,25)(H,23,26)/t16-,17-,18-/m0/s1. The van der Waals surface area contributed by atoms with Crippen LogP contribution in [0.4, 0.5) is 0 Å². The third-order valence-corrected chi connectivity index (χ3v) is 5.51. The lowest BCUT2D eigenvalue weighted by atomic mass is 10.0. The fourth-order valence-electron chi connectivity index (χ4n) is 3.01. The van der Waals surface area contributed by atoms with Crippen LogP contribution in [-0.2, 0) is 32.0 Å². The van der Waals surface area contributed by atoms with Crippen molar-refractivity contribution < 1.29 is 19.1 Å². The number of carbonyl (C=O) groups is 3. The Morgan fingerprint density at radius 3 is 2.62 bits per heavy atom. The lowest BCUT2D eigenvalue weighted by Gasteiger charge is -2.18. The van der Waals surface area contributed by atoms with Gasteiger partial charge in [-0.05, 0) is 30.4 Å². The van der Waals surface area contributed by atoms with Gasteiger partial charge in [-0.2, -0.15) is 0 Å². The fourth-order valence-corrected chi connectivity index (χ4v) is 3.72. The molecular weight excluding hydrogens is 390 g/mol. The van der Waals surface area contributed by atoms with Gasteiger partial charge < -0.3 is 15.4 Å². The molecular formula is C21H25N3O4S. The quantitative estimate of drug-likeness (QED) is 0.397. The average Bonchev–Trinajstić information content (AvgIpc) is 3.37. The van der Waals surface area contributed by atoms with Crippen LogP contribution < -0.4 is 16.0 Å². The number of amides is 2. The van der Waals surface area contributed by atoms with E-state index >= 15 is 0 Å². The van der Waals surface area contributed by atoms with Crippen LogP contribution in [0.1, 0.15) is 17.4 Å². The van der Waals surface area contributed by atoms with Gasteiger partial charge in [0.05, 0.1) is 6.61 Å². The molecule has 0 bridgehead atoms. The van der Waals surface area contributed by atoms with Gasteiger partial charge in [0.15, 0.2) is 0 Å². The molecule has 1 aliphatic rings. The first-order valence-corrected chi connectivity index (χ1v) is 10.5. The molecule has 1 fully saturated rings. The number of rotatable bonds is 10. The van der Waals surface area contributed by atoms with Crippen LogP contribution in [0.5, 0.6) is 0 Å². The van der Waals surface area contributed by atoms with Gasteiger partial charge in [0.1, 0.15) is 18.1 Å². The normalized spacial score (nSPS) is 18.5. The highest BCUT2D eigenvalue weighted by atomic mass is 32.1. The molecule has 1 saturated heterocycles. The minimum absolute atomic E-state index is 0.243. The topological polar surface area (TPSA) is 106 Å². The molecule has 2 heterocycles. The molecule has 0 spiro atoms. The summed E-state index contributed by atoms with van der Waals surface area (Å²) in [6.45, 7) is 2.47. The van der Waals surface area contributed by atoms with Gasteiger partial charge in [-0.15, -0.1) is 11.3 Å². The Balaban J connectivity index is 1.57. The smallest absolute Gasteiger partial charge is 0.325 e. The summed E-state index contributed by atoms with van der Waals surface area (Å²) in [6.07, 6.45) is 1.11. The van der Waals surface area contributed by atoms with Gasteiger partial charge >= 0.3 is 5.97 Å². The Hall–Kier alpha value is -2.71. The second kappa shape index (κ2) is 10.2. The second-order valence-corrected chi connectivity index (χ2v) is 7.78. The Labute approximate surface area is 173 Å². The predicted molar refractivity (Wildman–Crippen MR) is 110 cm³/mol. The summed E-state index contributed by atoms with van der Waals surface area (Å²) in [4.78, 5) is 38.2. The van der Waals surface area contributed by atoms with Crippen molar-refractivity contribution in [1.29, 1.82) is 0 Å². The molecule has 29 heavy (non-hydrogen) atoms. The van der Waals surface area contributed by atoms with Crippen LogP contribution in [0.25, 0.3) is 0 Å². The van der Waals surface area contributed by atoms with Crippen molar-refractivity contribution >= 4 is 29.1 Å². The highest BCUT2D eigenvalue weighted by Gasteiger charge is 2.49. The van der Waals surface area contributed by atoms with Gasteiger partial charge in [-0.3, -0.25) is 19.7 Å². The summed E-state index contributed by atoms with van der Waals surface area (Å²) in [6, 6.07) is 11.5. The molecule has 154 valence electrons. The summed E-state index contributed by atoms with van der Waals surface area (Å²) in [5.74, 6) is -1.07. The van der Waals surface area contributed by atoms with Gasteiger partial charge in [0, 0.05) is 17.8 Å². The molecule has 0 aliphatic carbocycles. The van der Waals surface area contributed by atoms with Crippen LogP contribution in [0.15, 0.2) is 47.8 Å². The van der Waals surface area contributed by atoms with E-state index in [9.17, 15) is 14.4 Å². The minimum Gasteiger partial charge on any atom is -0.465 e. The molecule has 0 saturated carbocycles. The molecule has 0 unspecified atom stereocenters. The van der Waals surface area contributed by atoms with Crippen LogP contribution >= 0.6 is 11.3 Å². The first-order valence-electron chi connectivity index (χ1n) is 9.65. The Kier molecular flexibility index (Phi) is 7.37. The van der Waals surface area contributed by atoms with Crippen molar-refractivity contribution in [3.63, 3.8) is 0 Å². The molecule has 0 radical (unpaired) electrons. The number of esters is 1. The van der Waals surface area contributed by atoms with Crippen LogP contribution in [0.2, 0.25) is 0 Å². The first kappa shape index (κ1) is 21.0. The van der Waals surface area contributed by atoms with Crippen molar-refractivity contribution in [1.82, 2.24) is 16.0 Å². The minimum atomic E-state index is -0.724. The molecule has 1 aliphatic heterocycles. The maximum Gasteiger partial charge on any atom is 0.325 e. The molecule has 1 aromatic carbocycles. The van der Waals surface area contributed by atoms with E-state index in [2.05, 4.69) is 16.0 Å². The van der Waals surface area contributed by atoms with E-state index in [1.807, 2.05) is 47.8 Å². The zero-order valence-corrected chi connectivity index (χ0v) is 17.0. The molecule has 3 rings (SSSR count). The molecule has 3 atom stereocenters. The summed E-state index contributed by atoms with van der Waals surface area (Å²) in [7, 11) is 0. The molecule has 8 heteroatoms. The van der Waals surface area contributed by atoms with E-state index < -0.39 is 24.1 Å². The molecule has 2 aromatic rings. The number of thiophene rings is 1. The van der Waals surface area contributed by atoms with Gasteiger partial charge in [0.25, 0.3) is 0 Å². The zero-order valence-electron chi connectivity index (χ0n) is 16.2. The molecule has 2 amide bonds. The number of nitrogens with one attached hydrogen (secondary N) is 3. The van der Waals surface area contributed by atoms with Crippen molar-refractivity contribution in [2.24, 2.45) is 0 Å². The summed E-state index contributed by atoms with van der Waals surface area (Å²) < 4.78 is 4.92. The van der Waals surface area contributed by atoms with Crippen LogP contribution in [0.3, 0.4) is 0 Å². The summed E-state index contributed by atoms with van der Waals surface area (Å²) in [5.41, 5.74) is 0.942. The van der Waals surface area contributed by atoms with Gasteiger partial charge in [-0.25, -0.2) is 0 Å². The second-order valence-electron chi connectivity index (χ2n) is 6.75. The maximum absolute atomic E-state index is 12.7. The molecule has 7 nitrogen and oxygen atoms in total. The Morgan fingerprint density at radius 2 is 1.93 bits per heavy atom. The highest BCUT2D eigenvalue weighted by molar-refractivity contribution is 7.09. The number of hydrogen-bond acceptors (Lipinski definition) is 6. The van der Waals surface area contributed by atoms with Crippen molar-refractivity contribution in [3.8, 4) is 0 Å². The SMILES string of the molecule is CCOC(=O)[C@H]1N[C@@H]1C(=O)N[C@@H](Cc1ccccc1)C(=O)NCCc1cccs1. The van der Waals surface area contributed by atoms with E-state index in [1.165, 1.54) is 4.88 Å². The lowest BCUT2D eigenvalue weighted by molar-refractivity contribution is -0.143. The van der Waals surface area contributed by atoms with E-state index in [4.69, 9.17) is 4.74 Å². The largest absolute Gasteiger partial charge is 0.465 e. The Morgan fingerprint density at radius 1 is 1.14 bits per heavy atom. The van der Waals surface area contributed by atoms with E-state index in [0.29, 0.717) is 13.0 Å². The van der Waals surface area contributed by atoms with Crippen LogP contribution in [-0.4, -0.2) is 49.1 Å². The third kappa shape index (κ3) is 6.13. The number of carbonyl (C=O) groups excluding carboxylic acids is 3. The van der Waals surface area contributed by atoms with Crippen LogP contribution in [0, 0.1) is 0 Å². The maximum atomic E-state index is 12.7. The zero-order chi connectivity index (χ0) is 20.6. The van der Waals surface area contributed by atoms with Gasteiger partial charge in [0.2, 0.25) is 11.8 Å². The summed E-state index contributed by atoms with van der Waals surface area (Å²) in [5, 5.41) is 10.5. The van der Waals surface area contributed by atoms with E-state index in [1.54, 1.807) is 18.3 Å². The Bertz CT molecular complexity index is 826. The number of benzene rings is 1. The van der Waals surface area contributed by atoms with E-state index in [-0.39, 0.29) is 18.4 Å². The first-order chi connectivity index (χ1) is 14.1. The molecule has 3 N–H and O–H groups in total. The predicted octanol–water partition coefficient (Wildman–Crippen LogP) is 1.04. The fraction of sp³-hybridized carbons (Fsp3) is 0.381. The lowest BCUT2D eigenvalue weighted by Crippen LogP contribution is -2.50. The molecule has 1 aromatic heterocycles. The average molecular weight is 416 g/mol. The van der Waals surface area contributed by atoms with Crippen molar-refractivity contribution in [2.75, 3.05) is 13.2 Å². The highest BCUT2D eigenvalue weighted by Crippen LogP contribution is 2.14.